The molecule has 0 saturated heterocycles. The molecule has 1 rings (SSSR count). The van der Waals surface area contributed by atoms with E-state index in [2.05, 4.69) is 20.8 Å². The van der Waals surface area contributed by atoms with Crippen LogP contribution in [0.5, 0.6) is 5.75 Å². The lowest BCUT2D eigenvalue weighted by molar-refractivity contribution is 0.345. The van der Waals surface area contributed by atoms with Crippen molar-refractivity contribution in [3.8, 4) is 5.75 Å². The van der Waals surface area contributed by atoms with Crippen molar-refractivity contribution < 1.29 is 4.74 Å². The molecule has 0 aromatic heterocycles. The van der Waals surface area contributed by atoms with Crippen LogP contribution in [0.2, 0.25) is 0 Å². The molecule has 62 valence electrons. The second-order valence-corrected chi connectivity index (χ2v) is 2.94. The quantitative estimate of drug-likeness (QED) is 0.570. The smallest absolute Gasteiger partial charge is 0.187 e. The zero-order chi connectivity index (χ0) is 8.81. The fourth-order valence-electron chi connectivity index (χ4n) is 0.773. The molecule has 0 saturated carbocycles. The van der Waals surface area contributed by atoms with Crippen molar-refractivity contribution in [1.82, 2.24) is 0 Å². The summed E-state index contributed by atoms with van der Waals surface area (Å²) in [6.45, 7) is 7.38. The lowest BCUT2D eigenvalue weighted by atomic mass is 10.3. The van der Waals surface area contributed by atoms with Crippen LogP contribution in [0.3, 0.4) is 0 Å². The largest absolute Gasteiger partial charge is 0.493 e. The number of benzene rings is 1. The van der Waals surface area contributed by atoms with E-state index in [1.165, 1.54) is 0 Å². The van der Waals surface area contributed by atoms with E-state index >= 15 is 0 Å². The van der Waals surface area contributed by atoms with Gasteiger partial charge >= 0.3 is 0 Å². The minimum Gasteiger partial charge on any atom is -0.493 e. The van der Waals surface area contributed by atoms with Crippen LogP contribution in [0.15, 0.2) is 24.3 Å². The van der Waals surface area contributed by atoms with Crippen LogP contribution in [0.4, 0.5) is 5.69 Å². The second-order valence-electron chi connectivity index (χ2n) is 2.14. The molecular formula is C9H8BrNO. The van der Waals surface area contributed by atoms with E-state index < -0.39 is 0 Å². The molecule has 0 atom stereocenters. The highest BCUT2D eigenvalue weighted by atomic mass is 79.9. The zero-order valence-electron chi connectivity index (χ0n) is 6.46. The molecule has 0 radical (unpaired) electrons. The summed E-state index contributed by atoms with van der Waals surface area (Å²) in [6, 6.07) is 7.10. The van der Waals surface area contributed by atoms with Gasteiger partial charge in [-0.05, 0) is 12.1 Å². The lowest BCUT2D eigenvalue weighted by Crippen LogP contribution is -1.96. The number of ether oxygens (including phenoxy) is 1. The maximum atomic E-state index is 6.73. The summed E-state index contributed by atoms with van der Waals surface area (Å²) in [5, 5.41) is 0.817. The Morgan fingerprint density at radius 2 is 2.00 bits per heavy atom. The predicted octanol–water partition coefficient (Wildman–Crippen LogP) is 3.01. The first-order valence-corrected chi connectivity index (χ1v) is 4.65. The van der Waals surface area contributed by atoms with Crippen molar-refractivity contribution in [2.75, 3.05) is 11.9 Å². The Morgan fingerprint density at radius 1 is 1.33 bits per heavy atom. The zero-order valence-corrected chi connectivity index (χ0v) is 8.04. The van der Waals surface area contributed by atoms with Crippen molar-refractivity contribution in [3.63, 3.8) is 0 Å². The Labute approximate surface area is 80.1 Å². The van der Waals surface area contributed by atoms with Crippen LogP contribution in [0, 0.1) is 6.57 Å². The van der Waals surface area contributed by atoms with Gasteiger partial charge in [0.1, 0.15) is 5.75 Å². The third-order valence-electron chi connectivity index (χ3n) is 1.31. The fraction of sp³-hybridized carbons (Fsp3) is 0.222. The van der Waals surface area contributed by atoms with Crippen LogP contribution < -0.4 is 4.74 Å². The summed E-state index contributed by atoms with van der Waals surface area (Å²) in [6.07, 6.45) is 0. The number of nitrogens with zero attached hydrogens (tertiary/aromatic N) is 1. The molecule has 0 spiro atoms. The molecule has 0 aliphatic rings. The van der Waals surface area contributed by atoms with E-state index in [4.69, 9.17) is 11.3 Å². The molecule has 0 aliphatic carbocycles. The van der Waals surface area contributed by atoms with Crippen LogP contribution in [-0.4, -0.2) is 11.9 Å². The van der Waals surface area contributed by atoms with Gasteiger partial charge in [-0.2, -0.15) is 0 Å². The monoisotopic (exact) mass is 225 g/mol. The van der Waals surface area contributed by atoms with E-state index in [9.17, 15) is 0 Å². The van der Waals surface area contributed by atoms with Crippen molar-refractivity contribution in [2.45, 2.75) is 0 Å². The molecule has 1 aromatic carbocycles. The molecule has 0 heterocycles. The van der Waals surface area contributed by atoms with Crippen molar-refractivity contribution in [1.29, 1.82) is 0 Å². The highest BCUT2D eigenvalue weighted by Crippen LogP contribution is 2.17. The van der Waals surface area contributed by atoms with Gasteiger partial charge in [-0.25, -0.2) is 4.85 Å². The van der Waals surface area contributed by atoms with Crippen LogP contribution in [0.25, 0.3) is 4.85 Å². The first-order valence-electron chi connectivity index (χ1n) is 3.53. The summed E-state index contributed by atoms with van der Waals surface area (Å²) >= 11 is 3.26. The number of hydrogen-bond donors (Lipinski definition) is 0. The molecular weight excluding hydrogens is 218 g/mol. The van der Waals surface area contributed by atoms with Crippen LogP contribution in [-0.2, 0) is 0 Å². The number of halogens is 1. The molecule has 12 heavy (non-hydrogen) atoms. The minimum atomic E-state index is 0.640. The summed E-state index contributed by atoms with van der Waals surface area (Å²) in [7, 11) is 0. The summed E-state index contributed by atoms with van der Waals surface area (Å²) in [5.41, 5.74) is 0.640. The Bertz CT molecular complexity index is 276. The average molecular weight is 226 g/mol. The summed E-state index contributed by atoms with van der Waals surface area (Å²) in [5.74, 6) is 0.807. The van der Waals surface area contributed by atoms with E-state index in [0.29, 0.717) is 12.3 Å². The third-order valence-corrected chi connectivity index (χ3v) is 1.64. The van der Waals surface area contributed by atoms with Gasteiger partial charge in [-0.15, -0.1) is 0 Å². The maximum Gasteiger partial charge on any atom is 0.187 e. The first kappa shape index (κ1) is 9.08. The van der Waals surface area contributed by atoms with E-state index in [-0.39, 0.29) is 0 Å². The highest BCUT2D eigenvalue weighted by molar-refractivity contribution is 9.09. The third kappa shape index (κ3) is 2.55. The normalized spacial score (nSPS) is 9.00. The Hall–Kier alpha value is -1.01. The molecule has 0 unspecified atom stereocenters. The average Bonchev–Trinajstić information content (AvgIpc) is 2.15. The summed E-state index contributed by atoms with van der Waals surface area (Å²) < 4.78 is 5.30. The second kappa shape index (κ2) is 4.78. The Morgan fingerprint density at radius 3 is 2.50 bits per heavy atom. The molecule has 0 bridgehead atoms. The maximum absolute atomic E-state index is 6.73. The number of rotatable bonds is 3. The van der Waals surface area contributed by atoms with E-state index in [1.54, 1.807) is 24.3 Å². The van der Waals surface area contributed by atoms with Crippen molar-refractivity contribution in [2.24, 2.45) is 0 Å². The van der Waals surface area contributed by atoms with Gasteiger partial charge in [0, 0.05) is 5.33 Å². The SMILES string of the molecule is [C-]#[N+]c1ccc(OCCBr)cc1. The highest BCUT2D eigenvalue weighted by Gasteiger charge is 1.92. The molecule has 0 amide bonds. The van der Waals surface area contributed by atoms with Crippen molar-refractivity contribution >= 4 is 21.6 Å². The molecule has 3 heteroatoms. The van der Waals surface area contributed by atoms with Gasteiger partial charge in [0.15, 0.2) is 5.69 Å². The molecule has 1 aromatic rings. The molecule has 0 N–H and O–H groups in total. The van der Waals surface area contributed by atoms with Crippen LogP contribution in [0.1, 0.15) is 0 Å². The fourth-order valence-corrected chi connectivity index (χ4v) is 0.935. The van der Waals surface area contributed by atoms with E-state index in [1.807, 2.05) is 0 Å². The van der Waals surface area contributed by atoms with Gasteiger partial charge in [-0.3, -0.25) is 0 Å². The van der Waals surface area contributed by atoms with Crippen molar-refractivity contribution in [3.05, 3.63) is 35.7 Å². The van der Waals surface area contributed by atoms with Gasteiger partial charge in [0.2, 0.25) is 0 Å². The lowest BCUT2D eigenvalue weighted by Gasteiger charge is -2.02. The number of hydrogen-bond acceptors (Lipinski definition) is 1. The predicted molar refractivity (Wildman–Crippen MR) is 52.0 cm³/mol. The molecule has 0 aliphatic heterocycles. The van der Waals surface area contributed by atoms with E-state index in [0.717, 1.165) is 11.1 Å². The van der Waals surface area contributed by atoms with Gasteiger partial charge in [0.05, 0.1) is 13.2 Å². The minimum absolute atomic E-state index is 0.640. The number of alkyl halides is 1. The molecule has 0 fully saturated rings. The van der Waals surface area contributed by atoms with Crippen LogP contribution >= 0.6 is 15.9 Å². The first-order chi connectivity index (χ1) is 5.86. The summed E-state index contributed by atoms with van der Waals surface area (Å²) in [4.78, 5) is 3.28. The topological polar surface area (TPSA) is 13.6 Å². The Balaban J connectivity index is 2.60. The van der Waals surface area contributed by atoms with Gasteiger partial charge in [0.25, 0.3) is 0 Å². The van der Waals surface area contributed by atoms with Gasteiger partial charge < -0.3 is 4.74 Å². The Kier molecular flexibility index (Phi) is 3.62. The molecule has 2 nitrogen and oxygen atoms in total. The standard InChI is InChI=1S/C9H8BrNO/c1-11-8-2-4-9(5-3-8)12-7-6-10/h2-5H,6-7H2. The van der Waals surface area contributed by atoms with Gasteiger partial charge in [-0.1, -0.05) is 28.1 Å².